The number of anilines is 1. The second-order valence-electron chi connectivity index (χ2n) is 6.92. The molecule has 1 amide bonds. The third-order valence-corrected chi connectivity index (χ3v) is 8.29. The van der Waals surface area contributed by atoms with Crippen LogP contribution in [-0.2, 0) is 21.1 Å². The number of aryl methyl sites for hydroxylation is 1. The zero-order valence-corrected chi connectivity index (χ0v) is 17.4. The van der Waals surface area contributed by atoms with Crippen molar-refractivity contribution in [2.45, 2.75) is 24.1 Å². The summed E-state index contributed by atoms with van der Waals surface area (Å²) in [5.74, 6) is -0.0356. The number of amidine groups is 1. The molecule has 28 heavy (non-hydrogen) atoms. The minimum absolute atomic E-state index is 0.0639. The molecule has 0 saturated carbocycles. The van der Waals surface area contributed by atoms with Crippen molar-refractivity contribution in [2.24, 2.45) is 4.99 Å². The van der Waals surface area contributed by atoms with E-state index in [1.807, 2.05) is 47.4 Å². The second-order valence-corrected chi connectivity index (χ2v) is 10.7. The summed E-state index contributed by atoms with van der Waals surface area (Å²) in [7, 11) is -3.09. The summed E-state index contributed by atoms with van der Waals surface area (Å²) in [6.07, 6.45) is 0.935. The van der Waals surface area contributed by atoms with Gasteiger partial charge in [0.1, 0.15) is 0 Å². The van der Waals surface area contributed by atoms with Crippen molar-refractivity contribution in [3.8, 4) is 0 Å². The second kappa shape index (κ2) is 7.89. The Morgan fingerprint density at radius 3 is 2.68 bits per heavy atom. The van der Waals surface area contributed by atoms with Gasteiger partial charge >= 0.3 is 0 Å². The number of benzene rings is 2. The number of sulfone groups is 1. The summed E-state index contributed by atoms with van der Waals surface area (Å²) in [5, 5.41) is 0.997. The van der Waals surface area contributed by atoms with Crippen LogP contribution in [0.25, 0.3) is 0 Å². The molecule has 8 heteroatoms. The normalized spacial score (nSPS) is 24.5. The molecule has 4 rings (SSSR count). The van der Waals surface area contributed by atoms with Crippen molar-refractivity contribution in [3.05, 3.63) is 65.2 Å². The van der Waals surface area contributed by atoms with Crippen LogP contribution in [-0.4, -0.2) is 42.3 Å². The molecule has 0 radical (unpaired) electrons. The minimum Gasteiger partial charge on any atom is -0.316 e. The van der Waals surface area contributed by atoms with Crippen molar-refractivity contribution in [3.63, 3.8) is 0 Å². The number of carbonyl (C=O) groups excluding carboxylic acids is 1. The van der Waals surface area contributed by atoms with Gasteiger partial charge in [0, 0.05) is 22.4 Å². The van der Waals surface area contributed by atoms with E-state index in [2.05, 4.69) is 4.99 Å². The number of amides is 1. The molecule has 2 aromatic rings. The molecule has 2 saturated heterocycles. The highest BCUT2D eigenvalue weighted by Gasteiger charge is 2.49. The lowest BCUT2D eigenvalue weighted by molar-refractivity contribution is -0.117. The molecule has 2 heterocycles. The van der Waals surface area contributed by atoms with E-state index in [1.165, 1.54) is 11.8 Å². The van der Waals surface area contributed by atoms with Gasteiger partial charge < -0.3 is 4.90 Å². The number of hydrogen-bond acceptors (Lipinski definition) is 4. The summed E-state index contributed by atoms with van der Waals surface area (Å²) in [5.41, 5.74) is 1.85. The molecular weight excluding hydrogens is 416 g/mol. The number of rotatable bonds is 4. The van der Waals surface area contributed by atoms with Crippen LogP contribution in [0.4, 0.5) is 5.69 Å². The maximum absolute atomic E-state index is 12.5. The first-order valence-electron chi connectivity index (χ1n) is 8.99. The van der Waals surface area contributed by atoms with Gasteiger partial charge in [0.15, 0.2) is 15.0 Å². The average molecular weight is 435 g/mol. The van der Waals surface area contributed by atoms with E-state index in [0.29, 0.717) is 23.0 Å². The van der Waals surface area contributed by atoms with Crippen LogP contribution in [0, 0.1) is 0 Å². The summed E-state index contributed by atoms with van der Waals surface area (Å²) < 4.78 is 24.2. The van der Waals surface area contributed by atoms with Gasteiger partial charge in [-0.3, -0.25) is 4.79 Å². The van der Waals surface area contributed by atoms with E-state index >= 15 is 0 Å². The molecule has 0 aromatic heterocycles. The van der Waals surface area contributed by atoms with Gasteiger partial charge in [-0.15, -0.1) is 0 Å². The van der Waals surface area contributed by atoms with Crippen LogP contribution in [0.15, 0.2) is 59.6 Å². The van der Waals surface area contributed by atoms with Gasteiger partial charge in [-0.05, 0) is 30.2 Å². The van der Waals surface area contributed by atoms with Gasteiger partial charge in [-0.2, -0.15) is 4.99 Å². The maximum atomic E-state index is 12.5. The Bertz CT molecular complexity index is 1020. The van der Waals surface area contributed by atoms with E-state index in [1.54, 1.807) is 12.1 Å². The Hall–Kier alpha value is -1.83. The molecule has 2 atom stereocenters. The van der Waals surface area contributed by atoms with Crippen molar-refractivity contribution in [2.75, 3.05) is 16.4 Å². The molecule has 2 aromatic carbocycles. The standard InChI is InChI=1S/C20H19ClN2O3S2/c21-15-7-4-8-16(11-15)23-17-12-28(25,26)13-18(17)27-20(23)22-19(24)10-9-14-5-2-1-3-6-14/h1-8,11,17-18H,9-10,12-13H2/t17-,18+/m0/s1. The number of nitrogens with zero attached hydrogens (tertiary/aromatic N) is 2. The summed E-state index contributed by atoms with van der Waals surface area (Å²) in [6, 6.07) is 16.8. The molecular formula is C20H19ClN2O3S2. The number of hydrogen-bond donors (Lipinski definition) is 0. The quantitative estimate of drug-likeness (QED) is 0.735. The SMILES string of the molecule is O=C(CCc1ccccc1)N=C1S[C@@H]2CS(=O)(=O)C[C@@H]2N1c1cccc(Cl)c1. The highest BCUT2D eigenvalue weighted by Crippen LogP contribution is 2.41. The van der Waals surface area contributed by atoms with E-state index in [-0.39, 0.29) is 28.7 Å². The van der Waals surface area contributed by atoms with E-state index in [4.69, 9.17) is 11.6 Å². The van der Waals surface area contributed by atoms with Crippen LogP contribution >= 0.6 is 23.4 Å². The zero-order chi connectivity index (χ0) is 19.7. The number of carbonyl (C=O) groups is 1. The Labute approximate surface area is 173 Å². The van der Waals surface area contributed by atoms with Crippen LogP contribution < -0.4 is 4.90 Å². The molecule has 2 fully saturated rings. The lowest BCUT2D eigenvalue weighted by Gasteiger charge is -2.24. The maximum Gasteiger partial charge on any atom is 0.248 e. The molecule has 0 bridgehead atoms. The van der Waals surface area contributed by atoms with E-state index in [9.17, 15) is 13.2 Å². The van der Waals surface area contributed by atoms with Gasteiger partial charge in [-0.1, -0.05) is 59.8 Å². The molecule has 2 aliphatic rings. The van der Waals surface area contributed by atoms with Crippen LogP contribution in [0.5, 0.6) is 0 Å². The van der Waals surface area contributed by atoms with E-state index in [0.717, 1.165) is 11.3 Å². The van der Waals surface area contributed by atoms with Crippen LogP contribution in [0.1, 0.15) is 12.0 Å². The molecule has 0 aliphatic carbocycles. The first kappa shape index (κ1) is 19.5. The number of fused-ring (bicyclic) bond motifs is 1. The predicted molar refractivity (Wildman–Crippen MR) is 115 cm³/mol. The fraction of sp³-hybridized carbons (Fsp3) is 0.300. The van der Waals surface area contributed by atoms with Crippen molar-refractivity contribution < 1.29 is 13.2 Å². The Morgan fingerprint density at radius 2 is 1.93 bits per heavy atom. The van der Waals surface area contributed by atoms with Crippen molar-refractivity contribution >= 4 is 50.0 Å². The van der Waals surface area contributed by atoms with Gasteiger partial charge in [-0.25, -0.2) is 8.42 Å². The van der Waals surface area contributed by atoms with Gasteiger partial charge in [0.25, 0.3) is 0 Å². The van der Waals surface area contributed by atoms with Gasteiger partial charge in [0.05, 0.1) is 17.5 Å². The van der Waals surface area contributed by atoms with Crippen molar-refractivity contribution in [1.82, 2.24) is 0 Å². The molecule has 5 nitrogen and oxygen atoms in total. The molecule has 0 spiro atoms. The largest absolute Gasteiger partial charge is 0.316 e. The first-order valence-corrected chi connectivity index (χ1v) is 12.1. The third-order valence-electron chi connectivity index (χ3n) is 4.84. The Morgan fingerprint density at radius 1 is 1.14 bits per heavy atom. The summed E-state index contributed by atoms with van der Waals surface area (Å²) in [6.45, 7) is 0. The summed E-state index contributed by atoms with van der Waals surface area (Å²) >= 11 is 7.51. The Kier molecular flexibility index (Phi) is 5.49. The minimum atomic E-state index is -3.09. The first-order chi connectivity index (χ1) is 13.4. The lowest BCUT2D eigenvalue weighted by Crippen LogP contribution is -2.37. The van der Waals surface area contributed by atoms with E-state index < -0.39 is 9.84 Å². The third kappa shape index (κ3) is 4.26. The number of halogens is 1. The highest BCUT2D eigenvalue weighted by molar-refractivity contribution is 8.16. The van der Waals surface area contributed by atoms with Gasteiger partial charge in [0.2, 0.25) is 5.91 Å². The molecule has 0 N–H and O–H groups in total. The smallest absolute Gasteiger partial charge is 0.248 e. The lowest BCUT2D eigenvalue weighted by atomic mass is 10.1. The van der Waals surface area contributed by atoms with Crippen molar-refractivity contribution in [1.29, 1.82) is 0 Å². The highest BCUT2D eigenvalue weighted by atomic mass is 35.5. The monoisotopic (exact) mass is 434 g/mol. The number of thioether (sulfide) groups is 1. The topological polar surface area (TPSA) is 66.8 Å². The zero-order valence-electron chi connectivity index (χ0n) is 15.0. The van der Waals surface area contributed by atoms with Crippen LogP contribution in [0.3, 0.4) is 0 Å². The number of aliphatic imine (C=N–C) groups is 1. The molecule has 0 unspecified atom stereocenters. The molecule has 146 valence electrons. The predicted octanol–water partition coefficient (Wildman–Crippen LogP) is 3.57. The van der Waals surface area contributed by atoms with Crippen LogP contribution in [0.2, 0.25) is 5.02 Å². The fourth-order valence-corrected chi connectivity index (χ4v) is 7.67. The summed E-state index contributed by atoms with van der Waals surface area (Å²) in [4.78, 5) is 18.7. The molecule has 2 aliphatic heterocycles. The fourth-order valence-electron chi connectivity index (χ4n) is 3.55. The average Bonchev–Trinajstić information content (AvgIpc) is 3.11. The Balaban J connectivity index is 1.58.